The number of thiazole rings is 1. The van der Waals surface area contributed by atoms with Crippen LogP contribution in [0.4, 0.5) is 5.95 Å². The molecule has 0 radical (unpaired) electrons. The zero-order chi connectivity index (χ0) is 17.1. The highest BCUT2D eigenvalue weighted by Gasteiger charge is 2.25. The van der Waals surface area contributed by atoms with Crippen LogP contribution in [0.2, 0.25) is 0 Å². The Morgan fingerprint density at radius 1 is 1.42 bits per heavy atom. The van der Waals surface area contributed by atoms with Crippen molar-refractivity contribution in [3.8, 4) is 0 Å². The normalized spacial score (nSPS) is 16.5. The van der Waals surface area contributed by atoms with Gasteiger partial charge in [-0.1, -0.05) is 6.92 Å². The lowest BCUT2D eigenvalue weighted by Gasteiger charge is -2.26. The molecule has 0 aliphatic heterocycles. The van der Waals surface area contributed by atoms with Crippen LogP contribution in [0.3, 0.4) is 0 Å². The monoisotopic (exact) mass is 345 g/mol. The highest BCUT2D eigenvalue weighted by Crippen LogP contribution is 2.29. The van der Waals surface area contributed by atoms with Crippen molar-refractivity contribution < 1.29 is 4.79 Å². The molecule has 1 amide bonds. The predicted octanol–water partition coefficient (Wildman–Crippen LogP) is 2.76. The van der Waals surface area contributed by atoms with Crippen molar-refractivity contribution >= 4 is 23.2 Å². The number of fused-ring (bicyclic) bond motifs is 1. The van der Waals surface area contributed by atoms with Crippen molar-refractivity contribution in [3.63, 3.8) is 0 Å². The minimum absolute atomic E-state index is 0.0335. The standard InChI is InChI=1S/C17H23N5OS/c1-4-6-15-19-14(10-24-15)16(23)20-12-7-5-8-13-11(12)9-18-17(21-13)22(2)3/h9-10,12H,4-8H2,1-3H3,(H,20,23)/t12-/m0/s1. The number of hydrogen-bond donors (Lipinski definition) is 1. The van der Waals surface area contributed by atoms with Crippen LogP contribution >= 0.6 is 11.3 Å². The first-order valence-corrected chi connectivity index (χ1v) is 9.25. The number of aryl methyl sites for hydroxylation is 2. The van der Waals surface area contributed by atoms with Gasteiger partial charge < -0.3 is 10.2 Å². The molecule has 6 nitrogen and oxygen atoms in total. The molecule has 2 heterocycles. The smallest absolute Gasteiger partial charge is 0.271 e. The van der Waals surface area contributed by atoms with E-state index in [1.54, 1.807) is 11.3 Å². The zero-order valence-electron chi connectivity index (χ0n) is 14.4. The van der Waals surface area contributed by atoms with Crippen LogP contribution in [0.1, 0.15) is 59.0 Å². The summed E-state index contributed by atoms with van der Waals surface area (Å²) in [6.07, 6.45) is 6.67. The van der Waals surface area contributed by atoms with Crippen LogP contribution in [-0.4, -0.2) is 35.0 Å². The molecule has 1 atom stereocenters. The van der Waals surface area contributed by atoms with Gasteiger partial charge in [-0.2, -0.15) is 0 Å². The van der Waals surface area contributed by atoms with Gasteiger partial charge in [-0.15, -0.1) is 11.3 Å². The summed E-state index contributed by atoms with van der Waals surface area (Å²) in [5.41, 5.74) is 2.58. The number of carbonyl (C=O) groups excluding carboxylic acids is 1. The van der Waals surface area contributed by atoms with Crippen LogP contribution in [-0.2, 0) is 12.8 Å². The largest absolute Gasteiger partial charge is 0.347 e. The summed E-state index contributed by atoms with van der Waals surface area (Å²) in [5, 5.41) is 5.97. The first-order chi connectivity index (χ1) is 11.6. The average molecular weight is 345 g/mol. The Kier molecular flexibility index (Phi) is 5.08. The van der Waals surface area contributed by atoms with Crippen molar-refractivity contribution in [2.45, 2.75) is 45.1 Å². The van der Waals surface area contributed by atoms with E-state index in [1.807, 2.05) is 30.6 Å². The van der Waals surface area contributed by atoms with Crippen LogP contribution in [0, 0.1) is 0 Å². The number of amides is 1. The van der Waals surface area contributed by atoms with Crippen molar-refractivity contribution in [1.29, 1.82) is 0 Å². The van der Waals surface area contributed by atoms with E-state index in [-0.39, 0.29) is 11.9 Å². The Hall–Kier alpha value is -2.02. The third kappa shape index (κ3) is 3.56. The average Bonchev–Trinajstić information content (AvgIpc) is 3.04. The summed E-state index contributed by atoms with van der Waals surface area (Å²) < 4.78 is 0. The Morgan fingerprint density at radius 3 is 3.00 bits per heavy atom. The van der Waals surface area contributed by atoms with E-state index in [0.29, 0.717) is 11.6 Å². The second-order valence-electron chi connectivity index (χ2n) is 6.26. The van der Waals surface area contributed by atoms with Gasteiger partial charge in [-0.05, 0) is 32.1 Å². The fraction of sp³-hybridized carbons (Fsp3) is 0.529. The number of rotatable bonds is 5. The molecule has 0 saturated carbocycles. The molecule has 24 heavy (non-hydrogen) atoms. The summed E-state index contributed by atoms with van der Waals surface area (Å²) in [5.74, 6) is 0.604. The molecule has 1 aliphatic carbocycles. The van der Waals surface area contributed by atoms with Gasteiger partial charge >= 0.3 is 0 Å². The molecule has 0 aromatic carbocycles. The summed E-state index contributed by atoms with van der Waals surface area (Å²) in [4.78, 5) is 27.8. The van der Waals surface area contributed by atoms with E-state index >= 15 is 0 Å². The lowest BCUT2D eigenvalue weighted by Crippen LogP contribution is -2.32. The van der Waals surface area contributed by atoms with Gasteiger partial charge in [0.1, 0.15) is 5.69 Å². The number of nitrogens with one attached hydrogen (secondary N) is 1. The Labute approximate surface area is 146 Å². The predicted molar refractivity (Wildman–Crippen MR) is 95.6 cm³/mol. The van der Waals surface area contributed by atoms with Gasteiger partial charge in [-0.3, -0.25) is 4.79 Å². The fourth-order valence-electron chi connectivity index (χ4n) is 2.88. The van der Waals surface area contributed by atoms with Crippen molar-refractivity contribution in [2.24, 2.45) is 0 Å². The summed E-state index contributed by atoms with van der Waals surface area (Å²) in [7, 11) is 3.86. The maximum absolute atomic E-state index is 12.5. The van der Waals surface area contributed by atoms with E-state index in [0.717, 1.165) is 48.4 Å². The zero-order valence-corrected chi connectivity index (χ0v) is 15.2. The number of aromatic nitrogens is 3. The van der Waals surface area contributed by atoms with Gasteiger partial charge in [0.15, 0.2) is 0 Å². The lowest BCUT2D eigenvalue weighted by atomic mass is 9.92. The van der Waals surface area contributed by atoms with E-state index < -0.39 is 0 Å². The minimum atomic E-state index is -0.108. The quantitative estimate of drug-likeness (QED) is 0.902. The molecule has 0 saturated heterocycles. The number of anilines is 1. The first kappa shape index (κ1) is 16.8. The molecule has 7 heteroatoms. The van der Waals surface area contributed by atoms with Crippen molar-refractivity contribution in [2.75, 3.05) is 19.0 Å². The van der Waals surface area contributed by atoms with Gasteiger partial charge in [0, 0.05) is 31.2 Å². The minimum Gasteiger partial charge on any atom is -0.347 e. The molecule has 128 valence electrons. The molecule has 1 N–H and O–H groups in total. The molecule has 1 aliphatic rings. The molecule has 0 unspecified atom stereocenters. The molecule has 2 aromatic heterocycles. The third-order valence-electron chi connectivity index (χ3n) is 4.12. The lowest BCUT2D eigenvalue weighted by molar-refractivity contribution is 0.0928. The third-order valence-corrected chi connectivity index (χ3v) is 5.03. The number of nitrogens with zero attached hydrogens (tertiary/aromatic N) is 4. The first-order valence-electron chi connectivity index (χ1n) is 8.37. The maximum Gasteiger partial charge on any atom is 0.271 e. The summed E-state index contributed by atoms with van der Waals surface area (Å²) in [6.45, 7) is 2.11. The molecule has 0 spiro atoms. The van der Waals surface area contributed by atoms with E-state index in [4.69, 9.17) is 0 Å². The SMILES string of the molecule is CCCc1nc(C(=O)N[C@H]2CCCc3nc(N(C)C)ncc32)cs1. The molecular formula is C17H23N5OS. The van der Waals surface area contributed by atoms with Crippen LogP contribution in [0.25, 0.3) is 0 Å². The number of carbonyl (C=O) groups is 1. The Balaban J connectivity index is 1.75. The van der Waals surface area contributed by atoms with E-state index in [1.165, 1.54) is 0 Å². The van der Waals surface area contributed by atoms with Gasteiger partial charge in [0.25, 0.3) is 5.91 Å². The summed E-state index contributed by atoms with van der Waals surface area (Å²) in [6, 6.07) is -0.0335. The van der Waals surface area contributed by atoms with Crippen LogP contribution in [0.15, 0.2) is 11.6 Å². The van der Waals surface area contributed by atoms with Crippen molar-refractivity contribution in [3.05, 3.63) is 33.5 Å². The highest BCUT2D eigenvalue weighted by molar-refractivity contribution is 7.09. The van der Waals surface area contributed by atoms with Gasteiger partial charge in [-0.25, -0.2) is 15.0 Å². The molecule has 3 rings (SSSR count). The topological polar surface area (TPSA) is 71.0 Å². The van der Waals surface area contributed by atoms with Crippen LogP contribution < -0.4 is 10.2 Å². The maximum atomic E-state index is 12.5. The van der Waals surface area contributed by atoms with Crippen molar-refractivity contribution in [1.82, 2.24) is 20.3 Å². The summed E-state index contributed by atoms with van der Waals surface area (Å²) >= 11 is 1.55. The molecule has 0 bridgehead atoms. The molecule has 2 aromatic rings. The van der Waals surface area contributed by atoms with E-state index in [2.05, 4.69) is 27.2 Å². The Morgan fingerprint density at radius 2 is 2.25 bits per heavy atom. The van der Waals surface area contributed by atoms with E-state index in [9.17, 15) is 4.79 Å². The fourth-order valence-corrected chi connectivity index (χ4v) is 3.76. The highest BCUT2D eigenvalue weighted by atomic mass is 32.1. The molecule has 0 fully saturated rings. The molecular weight excluding hydrogens is 322 g/mol. The second kappa shape index (κ2) is 7.25. The number of hydrogen-bond acceptors (Lipinski definition) is 6. The van der Waals surface area contributed by atoms with Gasteiger partial charge in [0.05, 0.1) is 16.7 Å². The van der Waals surface area contributed by atoms with Crippen LogP contribution in [0.5, 0.6) is 0 Å². The second-order valence-corrected chi connectivity index (χ2v) is 7.20. The Bertz CT molecular complexity index is 728. The van der Waals surface area contributed by atoms with Gasteiger partial charge in [0.2, 0.25) is 5.95 Å².